The van der Waals surface area contributed by atoms with E-state index in [1.807, 2.05) is 0 Å². The fourth-order valence-corrected chi connectivity index (χ4v) is 2.11. The summed E-state index contributed by atoms with van der Waals surface area (Å²) in [5, 5.41) is 3.48. The zero-order valence-electron chi connectivity index (χ0n) is 9.49. The lowest BCUT2D eigenvalue weighted by molar-refractivity contribution is -0.140. The van der Waals surface area contributed by atoms with Crippen LogP contribution in [0.25, 0.3) is 0 Å². The summed E-state index contributed by atoms with van der Waals surface area (Å²) in [5.41, 5.74) is 1.23. The molecule has 6 heteroatoms. The van der Waals surface area contributed by atoms with Gasteiger partial charge in [-0.3, -0.25) is 9.59 Å². The number of ketones is 1. The van der Waals surface area contributed by atoms with Gasteiger partial charge in [-0.1, -0.05) is 0 Å². The van der Waals surface area contributed by atoms with Gasteiger partial charge in [-0.2, -0.15) is 4.37 Å². The van der Waals surface area contributed by atoms with Crippen LogP contribution in [-0.4, -0.2) is 29.3 Å². The normalized spacial score (nSPS) is 9.94. The molecule has 0 aliphatic rings. The van der Waals surface area contributed by atoms with Crippen LogP contribution < -0.4 is 5.32 Å². The summed E-state index contributed by atoms with van der Waals surface area (Å²) in [6.45, 7) is 5.39. The molecule has 1 aromatic heterocycles. The van der Waals surface area contributed by atoms with Crippen molar-refractivity contribution in [3.63, 3.8) is 0 Å². The number of nitrogens with zero attached hydrogens (tertiary/aromatic N) is 1. The van der Waals surface area contributed by atoms with Crippen LogP contribution in [0.1, 0.15) is 29.9 Å². The molecule has 0 fully saturated rings. The van der Waals surface area contributed by atoms with Gasteiger partial charge in [0.25, 0.3) is 0 Å². The number of hydrogen-bond donors (Lipinski definition) is 1. The number of esters is 1. The predicted octanol–water partition coefficient (Wildman–Crippen LogP) is 1.63. The largest absolute Gasteiger partial charge is 0.465 e. The van der Waals surface area contributed by atoms with Gasteiger partial charge in [0, 0.05) is 0 Å². The van der Waals surface area contributed by atoms with Crippen molar-refractivity contribution in [2.45, 2.75) is 20.8 Å². The monoisotopic (exact) mass is 242 g/mol. The third kappa shape index (κ3) is 3.03. The van der Waals surface area contributed by atoms with Crippen molar-refractivity contribution in [3.8, 4) is 0 Å². The summed E-state index contributed by atoms with van der Waals surface area (Å²) in [6, 6.07) is 0. The van der Waals surface area contributed by atoms with E-state index in [0.717, 1.165) is 0 Å². The van der Waals surface area contributed by atoms with Crippen LogP contribution >= 0.6 is 11.5 Å². The second-order valence-corrected chi connectivity index (χ2v) is 3.96. The molecule has 0 atom stereocenters. The molecule has 0 aliphatic carbocycles. The minimum atomic E-state index is -0.344. The zero-order valence-corrected chi connectivity index (χ0v) is 10.3. The van der Waals surface area contributed by atoms with Gasteiger partial charge in [0.15, 0.2) is 5.78 Å². The first-order valence-corrected chi connectivity index (χ1v) is 5.70. The molecule has 0 radical (unpaired) electrons. The van der Waals surface area contributed by atoms with Gasteiger partial charge in [0.1, 0.15) is 11.5 Å². The van der Waals surface area contributed by atoms with E-state index in [2.05, 4.69) is 9.69 Å². The molecule has 0 unspecified atom stereocenters. The van der Waals surface area contributed by atoms with E-state index in [-0.39, 0.29) is 18.3 Å². The van der Waals surface area contributed by atoms with Crippen molar-refractivity contribution in [3.05, 3.63) is 11.3 Å². The average molecular weight is 242 g/mol. The van der Waals surface area contributed by atoms with Crippen molar-refractivity contribution >= 4 is 28.3 Å². The van der Waals surface area contributed by atoms with Gasteiger partial charge in [-0.15, -0.1) is 0 Å². The standard InChI is InChI=1S/C10H14N2O3S/c1-4-15-8(14)5-11-10-9(7(3)13)6(2)12-16-10/h11H,4-5H2,1-3H3. The molecule has 1 aromatic rings. The van der Waals surface area contributed by atoms with Gasteiger partial charge >= 0.3 is 5.97 Å². The van der Waals surface area contributed by atoms with Gasteiger partial charge in [0.05, 0.1) is 17.9 Å². The Kier molecular flexibility index (Phi) is 4.42. The van der Waals surface area contributed by atoms with Crippen molar-refractivity contribution in [1.82, 2.24) is 4.37 Å². The Bertz CT molecular complexity index is 401. The van der Waals surface area contributed by atoms with E-state index < -0.39 is 0 Å². The first kappa shape index (κ1) is 12.6. The lowest BCUT2D eigenvalue weighted by atomic mass is 10.2. The van der Waals surface area contributed by atoms with Crippen LogP contribution in [0.4, 0.5) is 5.00 Å². The lowest BCUT2D eigenvalue weighted by Crippen LogP contribution is -2.17. The average Bonchev–Trinajstić information content (AvgIpc) is 2.57. The van der Waals surface area contributed by atoms with Crippen LogP contribution in [0.2, 0.25) is 0 Å². The van der Waals surface area contributed by atoms with E-state index in [0.29, 0.717) is 22.9 Å². The molecule has 0 bridgehead atoms. The van der Waals surface area contributed by atoms with Gasteiger partial charge < -0.3 is 10.1 Å². The molecule has 1 N–H and O–H groups in total. The highest BCUT2D eigenvalue weighted by atomic mass is 32.1. The minimum absolute atomic E-state index is 0.0513. The highest BCUT2D eigenvalue weighted by molar-refractivity contribution is 7.10. The Morgan fingerprint density at radius 1 is 1.50 bits per heavy atom. The number of aryl methyl sites for hydroxylation is 1. The topological polar surface area (TPSA) is 68.3 Å². The summed E-state index contributed by atoms with van der Waals surface area (Å²) in [6.07, 6.45) is 0. The maximum atomic E-state index is 11.3. The summed E-state index contributed by atoms with van der Waals surface area (Å²) >= 11 is 1.17. The number of carbonyl (C=O) groups excluding carboxylic acids is 2. The van der Waals surface area contributed by atoms with E-state index in [1.54, 1.807) is 13.8 Å². The van der Waals surface area contributed by atoms with Crippen LogP contribution in [0.15, 0.2) is 0 Å². The van der Waals surface area contributed by atoms with E-state index in [4.69, 9.17) is 4.74 Å². The highest BCUT2D eigenvalue weighted by Gasteiger charge is 2.15. The first-order chi connectivity index (χ1) is 7.56. The zero-order chi connectivity index (χ0) is 12.1. The maximum Gasteiger partial charge on any atom is 0.325 e. The molecule has 0 saturated heterocycles. The Balaban J connectivity index is 2.67. The third-order valence-corrected chi connectivity index (χ3v) is 2.81. The number of carbonyl (C=O) groups is 2. The predicted molar refractivity (Wildman–Crippen MR) is 62.0 cm³/mol. The summed E-state index contributed by atoms with van der Waals surface area (Å²) in [4.78, 5) is 22.4. The number of ether oxygens (including phenoxy) is 1. The molecule has 88 valence electrons. The van der Waals surface area contributed by atoms with E-state index in [1.165, 1.54) is 18.5 Å². The van der Waals surface area contributed by atoms with Crippen molar-refractivity contribution in [1.29, 1.82) is 0 Å². The van der Waals surface area contributed by atoms with Crippen molar-refractivity contribution < 1.29 is 14.3 Å². The SMILES string of the molecule is CCOC(=O)CNc1snc(C)c1C(C)=O. The Morgan fingerprint density at radius 2 is 2.19 bits per heavy atom. The van der Waals surface area contributed by atoms with Crippen LogP contribution in [0.3, 0.4) is 0 Å². The molecule has 5 nitrogen and oxygen atoms in total. The third-order valence-electron chi connectivity index (χ3n) is 1.91. The quantitative estimate of drug-likeness (QED) is 0.628. The molecule has 1 rings (SSSR count). The fraction of sp³-hybridized carbons (Fsp3) is 0.500. The Morgan fingerprint density at radius 3 is 2.75 bits per heavy atom. The first-order valence-electron chi connectivity index (χ1n) is 4.93. The summed E-state index contributed by atoms with van der Waals surface area (Å²) < 4.78 is 8.84. The van der Waals surface area contributed by atoms with Gasteiger partial charge in [0.2, 0.25) is 0 Å². The number of hydrogen-bond acceptors (Lipinski definition) is 6. The molecule has 1 heterocycles. The van der Waals surface area contributed by atoms with Crippen LogP contribution in [0.5, 0.6) is 0 Å². The maximum absolute atomic E-state index is 11.3. The molecule has 0 saturated carbocycles. The summed E-state index contributed by atoms with van der Waals surface area (Å²) in [5.74, 6) is -0.402. The smallest absolute Gasteiger partial charge is 0.325 e. The number of rotatable bonds is 5. The highest BCUT2D eigenvalue weighted by Crippen LogP contribution is 2.24. The number of anilines is 1. The number of aromatic nitrogens is 1. The fourth-order valence-electron chi connectivity index (χ4n) is 1.27. The molecule has 0 aromatic carbocycles. The van der Waals surface area contributed by atoms with E-state index >= 15 is 0 Å². The van der Waals surface area contributed by atoms with Gasteiger partial charge in [-0.25, -0.2) is 0 Å². The molecule has 16 heavy (non-hydrogen) atoms. The summed E-state index contributed by atoms with van der Waals surface area (Å²) in [7, 11) is 0. The lowest BCUT2D eigenvalue weighted by Gasteiger charge is -2.04. The number of nitrogens with one attached hydrogen (secondary N) is 1. The molecular weight excluding hydrogens is 228 g/mol. The van der Waals surface area contributed by atoms with Crippen LogP contribution in [0, 0.1) is 6.92 Å². The second-order valence-electron chi connectivity index (χ2n) is 3.19. The molecule has 0 amide bonds. The van der Waals surface area contributed by atoms with Crippen LogP contribution in [-0.2, 0) is 9.53 Å². The second kappa shape index (κ2) is 5.60. The minimum Gasteiger partial charge on any atom is -0.465 e. The Hall–Kier alpha value is -1.43. The Labute approximate surface area is 98.0 Å². The van der Waals surface area contributed by atoms with Crippen molar-refractivity contribution in [2.24, 2.45) is 0 Å². The van der Waals surface area contributed by atoms with E-state index in [9.17, 15) is 9.59 Å². The molecular formula is C10H14N2O3S. The van der Waals surface area contributed by atoms with Gasteiger partial charge in [-0.05, 0) is 32.3 Å². The van der Waals surface area contributed by atoms with Crippen molar-refractivity contribution in [2.75, 3.05) is 18.5 Å². The molecule has 0 spiro atoms. The molecule has 0 aliphatic heterocycles. The number of Topliss-reactive ketones (excluding diaryl/α,β-unsaturated/α-hetero) is 1.